The number of carbonyl (C=O) groups is 1. The number of fused-ring (bicyclic) bond motifs is 2. The Morgan fingerprint density at radius 2 is 2.12 bits per heavy atom. The lowest BCUT2D eigenvalue weighted by Crippen LogP contribution is -2.32. The molecule has 1 aromatic heterocycles. The van der Waals surface area contributed by atoms with Gasteiger partial charge in [-0.1, -0.05) is 29.8 Å². The number of carbonyl (C=O) groups excluding carboxylic acids is 1. The molecule has 2 heterocycles. The van der Waals surface area contributed by atoms with Crippen LogP contribution >= 0.6 is 27.5 Å². The molecule has 1 aliphatic rings. The second kappa shape index (κ2) is 6.85. The summed E-state index contributed by atoms with van der Waals surface area (Å²) < 4.78 is 19.5. The summed E-state index contributed by atoms with van der Waals surface area (Å²) in [5.74, 6) is 0.00909. The molecule has 0 bridgehead atoms. The van der Waals surface area contributed by atoms with Crippen molar-refractivity contribution in [3.05, 3.63) is 69.0 Å². The molecule has 0 saturated carbocycles. The number of nitrogens with zero attached hydrogens (tertiary/aromatic N) is 1. The van der Waals surface area contributed by atoms with Gasteiger partial charge >= 0.3 is 0 Å². The highest BCUT2D eigenvalue weighted by atomic mass is 79.9. The maximum Gasteiger partial charge on any atom is 0.254 e. The molecule has 1 N–H and O–H groups in total. The molecule has 132 valence electrons. The third-order valence-corrected chi connectivity index (χ3v) is 5.53. The quantitative estimate of drug-likeness (QED) is 0.613. The second-order valence-corrected chi connectivity index (χ2v) is 7.12. The first-order valence-corrected chi connectivity index (χ1v) is 9.18. The minimum absolute atomic E-state index is 0.167. The van der Waals surface area contributed by atoms with Gasteiger partial charge in [-0.25, -0.2) is 4.39 Å². The number of nitrogens with one attached hydrogen (secondary N) is 1. The van der Waals surface area contributed by atoms with Gasteiger partial charge in [-0.15, -0.1) is 0 Å². The van der Waals surface area contributed by atoms with Crippen LogP contribution in [0, 0.1) is 5.82 Å². The second-order valence-electron chi connectivity index (χ2n) is 5.94. The van der Waals surface area contributed by atoms with E-state index < -0.39 is 5.82 Å². The summed E-state index contributed by atoms with van der Waals surface area (Å²) in [6.45, 7) is 0.526. The largest absolute Gasteiger partial charge is 0.493 e. The summed E-state index contributed by atoms with van der Waals surface area (Å²) >= 11 is 9.57. The number of halogens is 3. The van der Waals surface area contributed by atoms with Crippen LogP contribution in [0.15, 0.2) is 47.1 Å². The van der Waals surface area contributed by atoms with Crippen LogP contribution < -0.4 is 10.1 Å². The first kappa shape index (κ1) is 17.2. The molecule has 4 nitrogen and oxygen atoms in total. The number of benzene rings is 2. The molecular formula is C19H13BrClFN2O2. The molecule has 2 aromatic carbocycles. The molecule has 4 rings (SSSR count). The van der Waals surface area contributed by atoms with Gasteiger partial charge < -0.3 is 10.1 Å². The van der Waals surface area contributed by atoms with Gasteiger partial charge in [0.05, 0.1) is 33.2 Å². The first-order valence-electron chi connectivity index (χ1n) is 8.01. The monoisotopic (exact) mass is 434 g/mol. The standard InChI is InChI=1S/C19H13BrClFN2O2/c20-16-13(22)6-5-11-17(21)12(9-23-18(11)16)19(25)24-14-7-8-26-15-4-2-1-3-10(14)15/h1-6,9,14H,7-8H2,(H,24,25). The number of amides is 1. The molecule has 0 radical (unpaired) electrons. The average Bonchev–Trinajstić information content (AvgIpc) is 2.65. The van der Waals surface area contributed by atoms with Crippen molar-refractivity contribution >= 4 is 44.3 Å². The SMILES string of the molecule is O=C(NC1CCOc2ccccc21)c1cnc2c(Br)c(F)ccc2c1Cl. The molecule has 1 amide bonds. The Balaban J connectivity index is 1.68. The van der Waals surface area contributed by atoms with Gasteiger partial charge in [0.2, 0.25) is 0 Å². The minimum Gasteiger partial charge on any atom is -0.493 e. The zero-order valence-corrected chi connectivity index (χ0v) is 15.8. The number of pyridine rings is 1. The Hall–Kier alpha value is -2.18. The Morgan fingerprint density at radius 1 is 1.31 bits per heavy atom. The van der Waals surface area contributed by atoms with Crippen molar-refractivity contribution in [3.8, 4) is 5.75 Å². The number of aromatic nitrogens is 1. The van der Waals surface area contributed by atoms with Crippen LogP contribution in [0.2, 0.25) is 5.02 Å². The molecule has 1 atom stereocenters. The smallest absolute Gasteiger partial charge is 0.254 e. The third-order valence-electron chi connectivity index (χ3n) is 4.37. The van der Waals surface area contributed by atoms with E-state index in [2.05, 4.69) is 26.2 Å². The van der Waals surface area contributed by atoms with Gasteiger partial charge in [-0.2, -0.15) is 0 Å². The number of ether oxygens (including phenoxy) is 1. The number of rotatable bonds is 2. The Morgan fingerprint density at radius 3 is 2.96 bits per heavy atom. The van der Waals surface area contributed by atoms with E-state index >= 15 is 0 Å². The predicted molar refractivity (Wildman–Crippen MR) is 101 cm³/mol. The molecule has 26 heavy (non-hydrogen) atoms. The molecule has 0 aliphatic carbocycles. The molecule has 0 fully saturated rings. The van der Waals surface area contributed by atoms with Crippen molar-refractivity contribution in [2.24, 2.45) is 0 Å². The third kappa shape index (κ3) is 2.93. The van der Waals surface area contributed by atoms with Crippen molar-refractivity contribution in [1.82, 2.24) is 10.3 Å². The number of hydrogen-bond acceptors (Lipinski definition) is 3. The van der Waals surface area contributed by atoms with Crippen LogP contribution in [0.25, 0.3) is 10.9 Å². The van der Waals surface area contributed by atoms with Gasteiger partial charge in [0.25, 0.3) is 5.91 Å². The lowest BCUT2D eigenvalue weighted by Gasteiger charge is -2.26. The van der Waals surface area contributed by atoms with Crippen molar-refractivity contribution in [2.45, 2.75) is 12.5 Å². The van der Waals surface area contributed by atoms with Gasteiger partial charge in [0, 0.05) is 23.6 Å². The maximum absolute atomic E-state index is 13.7. The van der Waals surface area contributed by atoms with E-state index in [0.717, 1.165) is 11.3 Å². The van der Waals surface area contributed by atoms with E-state index in [0.29, 0.717) is 23.9 Å². The molecule has 0 spiro atoms. The van der Waals surface area contributed by atoms with E-state index in [4.69, 9.17) is 16.3 Å². The van der Waals surface area contributed by atoms with Crippen LogP contribution in [0.3, 0.4) is 0 Å². The number of hydrogen-bond donors (Lipinski definition) is 1. The summed E-state index contributed by atoms with van der Waals surface area (Å²) in [4.78, 5) is 17.0. The van der Waals surface area contributed by atoms with Crippen LogP contribution in [0.1, 0.15) is 28.4 Å². The zero-order chi connectivity index (χ0) is 18.3. The lowest BCUT2D eigenvalue weighted by atomic mass is 10.00. The van der Waals surface area contributed by atoms with Crippen molar-refractivity contribution in [2.75, 3.05) is 6.61 Å². The van der Waals surface area contributed by atoms with Crippen LogP contribution in [0.4, 0.5) is 4.39 Å². The Bertz CT molecular complexity index is 1030. The zero-order valence-electron chi connectivity index (χ0n) is 13.4. The van der Waals surface area contributed by atoms with Crippen LogP contribution in [-0.4, -0.2) is 17.5 Å². The van der Waals surface area contributed by atoms with Crippen molar-refractivity contribution in [1.29, 1.82) is 0 Å². The van der Waals surface area contributed by atoms with E-state index in [9.17, 15) is 9.18 Å². The van der Waals surface area contributed by atoms with E-state index in [1.165, 1.54) is 18.3 Å². The topological polar surface area (TPSA) is 51.2 Å². The molecule has 0 saturated heterocycles. The highest BCUT2D eigenvalue weighted by Gasteiger charge is 2.25. The molecule has 1 unspecified atom stereocenters. The summed E-state index contributed by atoms with van der Waals surface area (Å²) in [6, 6.07) is 10.2. The molecular weight excluding hydrogens is 423 g/mol. The average molecular weight is 436 g/mol. The summed E-state index contributed by atoms with van der Waals surface area (Å²) in [6.07, 6.45) is 2.04. The van der Waals surface area contributed by atoms with Crippen molar-refractivity contribution < 1.29 is 13.9 Å². The number of para-hydroxylation sites is 1. The Kier molecular flexibility index (Phi) is 4.54. The predicted octanol–water partition coefficient (Wildman–Crippen LogP) is 5.04. The summed E-state index contributed by atoms with van der Waals surface area (Å²) in [7, 11) is 0. The van der Waals surface area contributed by atoms with Crippen molar-refractivity contribution in [3.63, 3.8) is 0 Å². The fourth-order valence-electron chi connectivity index (χ4n) is 3.06. The minimum atomic E-state index is -0.433. The van der Waals surface area contributed by atoms with E-state index in [1.54, 1.807) is 0 Å². The van der Waals surface area contributed by atoms with Gasteiger partial charge in [0.15, 0.2) is 0 Å². The van der Waals surface area contributed by atoms with Gasteiger partial charge in [0.1, 0.15) is 11.6 Å². The molecule has 7 heteroatoms. The molecule has 3 aromatic rings. The Labute approximate surface area is 162 Å². The fraction of sp³-hybridized carbons (Fsp3) is 0.158. The van der Waals surface area contributed by atoms with Crippen LogP contribution in [-0.2, 0) is 0 Å². The van der Waals surface area contributed by atoms with Crippen LogP contribution in [0.5, 0.6) is 5.75 Å². The highest BCUT2D eigenvalue weighted by Crippen LogP contribution is 2.34. The fourth-order valence-corrected chi connectivity index (χ4v) is 3.80. The maximum atomic E-state index is 13.7. The first-order chi connectivity index (χ1) is 12.6. The molecule has 1 aliphatic heterocycles. The highest BCUT2D eigenvalue weighted by molar-refractivity contribution is 9.10. The lowest BCUT2D eigenvalue weighted by molar-refractivity contribution is 0.0925. The summed E-state index contributed by atoms with van der Waals surface area (Å²) in [5, 5.41) is 3.75. The van der Waals surface area contributed by atoms with Gasteiger partial charge in [-0.05, 0) is 34.1 Å². The summed E-state index contributed by atoms with van der Waals surface area (Å²) in [5.41, 5.74) is 1.56. The van der Waals surface area contributed by atoms with Gasteiger partial charge in [-0.3, -0.25) is 9.78 Å². The van der Waals surface area contributed by atoms with E-state index in [-0.39, 0.29) is 27.0 Å². The normalized spacial score (nSPS) is 16.0. The van der Waals surface area contributed by atoms with E-state index in [1.807, 2.05) is 24.3 Å².